The summed E-state index contributed by atoms with van der Waals surface area (Å²) in [5, 5.41) is 13.7. The van der Waals surface area contributed by atoms with Crippen LogP contribution >= 0.6 is 0 Å². The Bertz CT molecular complexity index is 879. The quantitative estimate of drug-likeness (QED) is 0.708. The van der Waals surface area contributed by atoms with Crippen molar-refractivity contribution in [2.24, 2.45) is 7.05 Å². The van der Waals surface area contributed by atoms with Gasteiger partial charge in [-0.3, -0.25) is 0 Å². The van der Waals surface area contributed by atoms with Gasteiger partial charge in [0.25, 0.3) is 0 Å². The standard InChI is InChI=1S/C20H20N2O3/c1-4-5-19-14(2)21-22(3)20(19)25-18-12-10-17(11-13-18)24-16-8-6-15(23)7-9-16/h4-13,23H,1-3H3/b5-4+. The van der Waals surface area contributed by atoms with Gasteiger partial charge in [-0.05, 0) is 62.4 Å². The van der Waals surface area contributed by atoms with E-state index in [1.165, 1.54) is 0 Å². The summed E-state index contributed by atoms with van der Waals surface area (Å²) in [4.78, 5) is 0. The maximum absolute atomic E-state index is 9.30. The second-order valence-corrected chi connectivity index (χ2v) is 5.60. The average Bonchev–Trinajstić information content (AvgIpc) is 2.86. The highest BCUT2D eigenvalue weighted by molar-refractivity contribution is 5.58. The maximum Gasteiger partial charge on any atom is 0.225 e. The minimum Gasteiger partial charge on any atom is -0.508 e. The molecule has 0 fully saturated rings. The number of phenolic OH excluding ortho intramolecular Hbond substituents is 1. The molecule has 25 heavy (non-hydrogen) atoms. The summed E-state index contributed by atoms with van der Waals surface area (Å²) >= 11 is 0. The number of nitrogens with zero attached hydrogens (tertiary/aromatic N) is 2. The molecule has 1 heterocycles. The molecule has 0 saturated heterocycles. The number of aryl methyl sites for hydroxylation is 2. The number of hydrogen-bond donors (Lipinski definition) is 1. The Morgan fingerprint density at radius 1 is 0.920 bits per heavy atom. The van der Waals surface area contributed by atoms with Gasteiger partial charge in [0.05, 0.1) is 11.3 Å². The summed E-state index contributed by atoms with van der Waals surface area (Å²) in [5.74, 6) is 2.95. The largest absolute Gasteiger partial charge is 0.508 e. The van der Waals surface area contributed by atoms with Crippen LogP contribution in [0.3, 0.4) is 0 Å². The Labute approximate surface area is 146 Å². The fourth-order valence-electron chi connectivity index (χ4n) is 2.47. The zero-order valence-corrected chi connectivity index (χ0v) is 14.4. The first-order valence-electron chi connectivity index (χ1n) is 7.98. The van der Waals surface area contributed by atoms with Gasteiger partial charge in [0.2, 0.25) is 5.88 Å². The van der Waals surface area contributed by atoms with E-state index in [1.807, 2.05) is 57.3 Å². The van der Waals surface area contributed by atoms with Crippen LogP contribution in [0.25, 0.3) is 6.08 Å². The van der Waals surface area contributed by atoms with Gasteiger partial charge in [0.1, 0.15) is 23.0 Å². The van der Waals surface area contributed by atoms with E-state index in [0.717, 1.165) is 11.3 Å². The van der Waals surface area contributed by atoms with E-state index in [9.17, 15) is 5.11 Å². The Balaban J connectivity index is 1.76. The molecular formula is C20H20N2O3. The second kappa shape index (κ2) is 7.13. The molecule has 0 aliphatic carbocycles. The van der Waals surface area contributed by atoms with Gasteiger partial charge in [-0.15, -0.1) is 0 Å². The summed E-state index contributed by atoms with van der Waals surface area (Å²) in [6.07, 6.45) is 3.95. The van der Waals surface area contributed by atoms with Crippen molar-refractivity contribution in [2.75, 3.05) is 0 Å². The van der Waals surface area contributed by atoms with E-state index in [4.69, 9.17) is 9.47 Å². The first kappa shape index (κ1) is 16.6. The Morgan fingerprint density at radius 2 is 1.44 bits per heavy atom. The molecule has 0 saturated carbocycles. The van der Waals surface area contributed by atoms with E-state index in [1.54, 1.807) is 28.9 Å². The molecule has 0 amide bonds. The monoisotopic (exact) mass is 336 g/mol. The summed E-state index contributed by atoms with van der Waals surface area (Å²) in [6.45, 7) is 3.92. The highest BCUT2D eigenvalue weighted by atomic mass is 16.5. The van der Waals surface area contributed by atoms with Gasteiger partial charge in [-0.1, -0.05) is 12.2 Å². The van der Waals surface area contributed by atoms with Gasteiger partial charge in [0, 0.05) is 7.05 Å². The van der Waals surface area contributed by atoms with Gasteiger partial charge < -0.3 is 14.6 Å². The molecule has 3 aromatic rings. The minimum absolute atomic E-state index is 0.208. The van der Waals surface area contributed by atoms with Crippen LogP contribution in [0.4, 0.5) is 0 Å². The van der Waals surface area contributed by atoms with Crippen LogP contribution in [-0.2, 0) is 7.05 Å². The van der Waals surface area contributed by atoms with Gasteiger partial charge >= 0.3 is 0 Å². The molecule has 0 bridgehead atoms. The molecule has 1 aromatic heterocycles. The van der Waals surface area contributed by atoms with Crippen molar-refractivity contribution in [1.29, 1.82) is 0 Å². The third kappa shape index (κ3) is 3.83. The Kier molecular flexibility index (Phi) is 4.75. The van der Waals surface area contributed by atoms with Crippen molar-refractivity contribution in [2.45, 2.75) is 13.8 Å². The second-order valence-electron chi connectivity index (χ2n) is 5.60. The van der Waals surface area contributed by atoms with E-state index in [2.05, 4.69) is 5.10 Å². The third-order valence-corrected chi connectivity index (χ3v) is 3.66. The number of phenols is 1. The van der Waals surface area contributed by atoms with Crippen molar-refractivity contribution < 1.29 is 14.6 Å². The van der Waals surface area contributed by atoms with Crippen LogP contribution in [0.5, 0.6) is 28.9 Å². The van der Waals surface area contributed by atoms with E-state index in [0.29, 0.717) is 23.1 Å². The topological polar surface area (TPSA) is 56.5 Å². The number of aromatic nitrogens is 2. The average molecular weight is 336 g/mol. The lowest BCUT2D eigenvalue weighted by molar-refractivity contribution is 0.427. The number of rotatable bonds is 5. The lowest BCUT2D eigenvalue weighted by Crippen LogP contribution is -1.96. The highest BCUT2D eigenvalue weighted by Crippen LogP contribution is 2.30. The molecule has 5 nitrogen and oxygen atoms in total. The fraction of sp³-hybridized carbons (Fsp3) is 0.150. The van der Waals surface area contributed by atoms with Crippen LogP contribution in [-0.4, -0.2) is 14.9 Å². The summed E-state index contributed by atoms with van der Waals surface area (Å²) in [5.41, 5.74) is 1.89. The van der Waals surface area contributed by atoms with E-state index < -0.39 is 0 Å². The molecule has 128 valence electrons. The lowest BCUT2D eigenvalue weighted by Gasteiger charge is -2.09. The molecular weight excluding hydrogens is 316 g/mol. The predicted octanol–water partition coefficient (Wildman–Crippen LogP) is 5.05. The van der Waals surface area contributed by atoms with Crippen LogP contribution in [0, 0.1) is 6.92 Å². The number of hydrogen-bond acceptors (Lipinski definition) is 4. The smallest absolute Gasteiger partial charge is 0.225 e. The van der Waals surface area contributed by atoms with Crippen molar-refractivity contribution >= 4 is 6.08 Å². The third-order valence-electron chi connectivity index (χ3n) is 3.66. The summed E-state index contributed by atoms with van der Waals surface area (Å²) < 4.78 is 13.5. The van der Waals surface area contributed by atoms with Crippen LogP contribution in [0.2, 0.25) is 0 Å². The Morgan fingerprint density at radius 3 is 2.00 bits per heavy atom. The molecule has 0 unspecified atom stereocenters. The Hall–Kier alpha value is -3.21. The van der Waals surface area contributed by atoms with Gasteiger partial charge in [0.15, 0.2) is 0 Å². The molecule has 2 aromatic carbocycles. The highest BCUT2D eigenvalue weighted by Gasteiger charge is 2.13. The zero-order valence-electron chi connectivity index (χ0n) is 14.4. The van der Waals surface area contributed by atoms with E-state index >= 15 is 0 Å². The number of benzene rings is 2. The van der Waals surface area contributed by atoms with Crippen molar-refractivity contribution in [1.82, 2.24) is 9.78 Å². The normalized spacial score (nSPS) is 11.0. The molecule has 0 aliphatic heterocycles. The predicted molar refractivity (Wildman–Crippen MR) is 97.3 cm³/mol. The minimum atomic E-state index is 0.208. The molecule has 0 aliphatic rings. The summed E-state index contributed by atoms with van der Waals surface area (Å²) in [6, 6.07) is 13.9. The van der Waals surface area contributed by atoms with Crippen molar-refractivity contribution in [3.63, 3.8) is 0 Å². The molecule has 3 rings (SSSR count). The molecule has 0 radical (unpaired) electrons. The van der Waals surface area contributed by atoms with Gasteiger partial charge in [-0.2, -0.15) is 5.10 Å². The van der Waals surface area contributed by atoms with Crippen LogP contribution in [0.15, 0.2) is 54.6 Å². The SMILES string of the molecule is C/C=C/c1c(C)nn(C)c1Oc1ccc(Oc2ccc(O)cc2)cc1. The van der Waals surface area contributed by atoms with Crippen LogP contribution < -0.4 is 9.47 Å². The molecule has 0 spiro atoms. The maximum atomic E-state index is 9.30. The fourth-order valence-corrected chi connectivity index (χ4v) is 2.47. The van der Waals surface area contributed by atoms with Crippen molar-refractivity contribution in [3.8, 4) is 28.9 Å². The van der Waals surface area contributed by atoms with E-state index in [-0.39, 0.29) is 5.75 Å². The number of allylic oxidation sites excluding steroid dienone is 1. The zero-order chi connectivity index (χ0) is 17.8. The number of aromatic hydroxyl groups is 1. The van der Waals surface area contributed by atoms with Crippen LogP contribution in [0.1, 0.15) is 18.2 Å². The molecule has 1 N–H and O–H groups in total. The first-order chi connectivity index (χ1) is 12.1. The molecule has 0 atom stereocenters. The molecule has 5 heteroatoms. The van der Waals surface area contributed by atoms with Crippen molar-refractivity contribution in [3.05, 3.63) is 65.9 Å². The lowest BCUT2D eigenvalue weighted by atomic mass is 10.2. The number of ether oxygens (including phenoxy) is 2. The summed E-state index contributed by atoms with van der Waals surface area (Å²) in [7, 11) is 1.86. The first-order valence-corrected chi connectivity index (χ1v) is 7.98. The van der Waals surface area contributed by atoms with Gasteiger partial charge in [-0.25, -0.2) is 4.68 Å².